The lowest BCUT2D eigenvalue weighted by Crippen LogP contribution is -2.17. The van der Waals surface area contributed by atoms with Crippen LogP contribution in [0, 0.1) is 5.92 Å². The molecule has 1 N–H and O–H groups in total. The van der Waals surface area contributed by atoms with Crippen LogP contribution >= 0.6 is 23.5 Å². The van der Waals surface area contributed by atoms with Crippen molar-refractivity contribution in [2.24, 2.45) is 5.92 Å². The first-order valence-electron chi connectivity index (χ1n) is 6.96. The van der Waals surface area contributed by atoms with Crippen LogP contribution in [0.1, 0.15) is 12.8 Å². The van der Waals surface area contributed by atoms with Crippen molar-refractivity contribution < 1.29 is 9.90 Å². The minimum Gasteiger partial charge on any atom is -0.481 e. The van der Waals surface area contributed by atoms with Crippen molar-refractivity contribution in [3.63, 3.8) is 0 Å². The number of nitrogens with zero attached hydrogens (tertiary/aromatic N) is 3. The Labute approximate surface area is 131 Å². The van der Waals surface area contributed by atoms with Crippen LogP contribution in [0.4, 0.5) is 0 Å². The molecule has 5 nitrogen and oxygen atoms in total. The van der Waals surface area contributed by atoms with Gasteiger partial charge in [0.2, 0.25) is 0 Å². The number of aliphatic carboxylic acids is 1. The molecule has 3 heterocycles. The summed E-state index contributed by atoms with van der Waals surface area (Å²) in [5, 5.41) is 9.68. The third kappa shape index (κ3) is 3.52. The van der Waals surface area contributed by atoms with E-state index in [-0.39, 0.29) is 5.75 Å². The number of hydrogen-bond donors (Lipinski definition) is 1. The molecule has 0 saturated carbocycles. The highest BCUT2D eigenvalue weighted by Crippen LogP contribution is 2.29. The van der Waals surface area contributed by atoms with Crippen LogP contribution in [-0.2, 0) is 11.3 Å². The Bertz CT molecular complexity index is 638. The Hall–Kier alpha value is -1.21. The van der Waals surface area contributed by atoms with Crippen LogP contribution in [-0.4, -0.2) is 42.9 Å². The SMILES string of the molecule is O=C(O)CSc1nc2cnccc2n1CC1CCSCC1. The van der Waals surface area contributed by atoms with Crippen molar-refractivity contribution in [1.82, 2.24) is 14.5 Å². The largest absolute Gasteiger partial charge is 0.481 e. The Morgan fingerprint density at radius 1 is 1.48 bits per heavy atom. The van der Waals surface area contributed by atoms with Gasteiger partial charge in [0.1, 0.15) is 5.52 Å². The molecule has 0 bridgehead atoms. The van der Waals surface area contributed by atoms with E-state index in [1.165, 1.54) is 36.1 Å². The van der Waals surface area contributed by atoms with Crippen molar-refractivity contribution in [2.75, 3.05) is 17.3 Å². The molecule has 3 rings (SSSR count). The summed E-state index contributed by atoms with van der Waals surface area (Å²) in [6.07, 6.45) is 5.95. The third-order valence-corrected chi connectivity index (χ3v) is 5.63. The van der Waals surface area contributed by atoms with Gasteiger partial charge in [-0.05, 0) is 36.3 Å². The van der Waals surface area contributed by atoms with Gasteiger partial charge >= 0.3 is 5.97 Å². The van der Waals surface area contributed by atoms with Crippen LogP contribution < -0.4 is 0 Å². The summed E-state index contributed by atoms with van der Waals surface area (Å²) < 4.78 is 2.17. The van der Waals surface area contributed by atoms with Gasteiger partial charge in [-0.1, -0.05) is 11.8 Å². The van der Waals surface area contributed by atoms with Crippen LogP contribution in [0.2, 0.25) is 0 Å². The number of pyridine rings is 1. The van der Waals surface area contributed by atoms with Gasteiger partial charge in [0, 0.05) is 12.7 Å². The van der Waals surface area contributed by atoms with Gasteiger partial charge in [0.05, 0.1) is 17.5 Å². The summed E-state index contributed by atoms with van der Waals surface area (Å²) in [5.74, 6) is 2.32. The molecule has 0 unspecified atom stereocenters. The summed E-state index contributed by atoms with van der Waals surface area (Å²) in [7, 11) is 0. The zero-order valence-electron chi connectivity index (χ0n) is 11.6. The summed E-state index contributed by atoms with van der Waals surface area (Å²) in [4.78, 5) is 19.5. The fourth-order valence-electron chi connectivity index (χ4n) is 2.56. The lowest BCUT2D eigenvalue weighted by Gasteiger charge is -2.22. The number of carbonyl (C=O) groups is 1. The van der Waals surface area contributed by atoms with Crippen molar-refractivity contribution in [2.45, 2.75) is 24.5 Å². The molecular weight excluding hydrogens is 306 g/mol. The average Bonchev–Trinajstić information content (AvgIpc) is 2.84. The molecule has 0 aliphatic carbocycles. The van der Waals surface area contributed by atoms with Crippen LogP contribution in [0.3, 0.4) is 0 Å². The number of fused-ring (bicyclic) bond motifs is 1. The Morgan fingerprint density at radius 2 is 2.29 bits per heavy atom. The second kappa shape index (κ2) is 6.70. The maximum atomic E-state index is 10.8. The number of aromatic nitrogens is 3. The molecule has 1 fully saturated rings. The molecule has 1 aliphatic rings. The summed E-state index contributed by atoms with van der Waals surface area (Å²) in [6, 6.07) is 1.96. The highest BCUT2D eigenvalue weighted by Gasteiger charge is 2.19. The number of carboxylic acid groups (broad SMARTS) is 1. The molecule has 0 aromatic carbocycles. The number of carboxylic acids is 1. The van der Waals surface area contributed by atoms with E-state index in [4.69, 9.17) is 5.11 Å². The van der Waals surface area contributed by atoms with Crippen molar-refractivity contribution in [1.29, 1.82) is 0 Å². The second-order valence-electron chi connectivity index (χ2n) is 5.11. The van der Waals surface area contributed by atoms with E-state index in [1.807, 2.05) is 17.8 Å². The molecule has 0 amide bonds. The fraction of sp³-hybridized carbons (Fsp3) is 0.500. The van der Waals surface area contributed by atoms with Crippen molar-refractivity contribution in [3.8, 4) is 0 Å². The topological polar surface area (TPSA) is 68.0 Å². The highest BCUT2D eigenvalue weighted by atomic mass is 32.2. The van der Waals surface area contributed by atoms with Gasteiger partial charge in [-0.2, -0.15) is 11.8 Å². The molecule has 1 saturated heterocycles. The normalized spacial score (nSPS) is 16.4. The Morgan fingerprint density at radius 3 is 3.05 bits per heavy atom. The quantitative estimate of drug-likeness (QED) is 0.853. The van der Waals surface area contributed by atoms with E-state index in [0.29, 0.717) is 5.92 Å². The Balaban J connectivity index is 1.88. The number of hydrogen-bond acceptors (Lipinski definition) is 5. The molecule has 0 radical (unpaired) electrons. The zero-order valence-corrected chi connectivity index (χ0v) is 13.2. The Kier molecular flexibility index (Phi) is 4.70. The third-order valence-electron chi connectivity index (χ3n) is 3.62. The summed E-state index contributed by atoms with van der Waals surface area (Å²) in [6.45, 7) is 0.920. The molecular formula is C14H17N3O2S2. The molecule has 2 aromatic rings. The first kappa shape index (κ1) is 14.7. The summed E-state index contributed by atoms with van der Waals surface area (Å²) >= 11 is 3.30. The number of thioether (sulfide) groups is 2. The lowest BCUT2D eigenvalue weighted by atomic mass is 10.0. The maximum absolute atomic E-state index is 10.8. The molecule has 21 heavy (non-hydrogen) atoms. The first-order valence-corrected chi connectivity index (χ1v) is 9.10. The highest BCUT2D eigenvalue weighted by molar-refractivity contribution is 7.99. The van der Waals surface area contributed by atoms with Gasteiger partial charge in [-0.25, -0.2) is 4.98 Å². The molecule has 112 valence electrons. The minimum atomic E-state index is -0.814. The lowest BCUT2D eigenvalue weighted by molar-refractivity contribution is -0.133. The van der Waals surface area contributed by atoms with Gasteiger partial charge in [-0.15, -0.1) is 0 Å². The fourth-order valence-corrected chi connectivity index (χ4v) is 4.51. The predicted molar refractivity (Wildman–Crippen MR) is 85.9 cm³/mol. The van der Waals surface area contributed by atoms with Gasteiger partial charge in [-0.3, -0.25) is 9.78 Å². The van der Waals surface area contributed by atoms with Gasteiger partial charge < -0.3 is 9.67 Å². The van der Waals surface area contributed by atoms with Crippen LogP contribution in [0.5, 0.6) is 0 Å². The van der Waals surface area contributed by atoms with Crippen LogP contribution in [0.15, 0.2) is 23.6 Å². The smallest absolute Gasteiger partial charge is 0.313 e. The van der Waals surface area contributed by atoms with Gasteiger partial charge in [0.15, 0.2) is 5.16 Å². The van der Waals surface area contributed by atoms with Crippen molar-refractivity contribution >= 4 is 40.5 Å². The van der Waals surface area contributed by atoms with E-state index in [0.717, 1.165) is 22.7 Å². The molecule has 2 aromatic heterocycles. The number of rotatable bonds is 5. The van der Waals surface area contributed by atoms with E-state index in [1.54, 1.807) is 12.4 Å². The van der Waals surface area contributed by atoms with E-state index >= 15 is 0 Å². The van der Waals surface area contributed by atoms with Crippen molar-refractivity contribution in [3.05, 3.63) is 18.5 Å². The van der Waals surface area contributed by atoms with E-state index in [2.05, 4.69) is 14.5 Å². The summed E-state index contributed by atoms with van der Waals surface area (Å²) in [5.41, 5.74) is 1.90. The molecule has 0 atom stereocenters. The second-order valence-corrected chi connectivity index (χ2v) is 7.27. The molecule has 1 aliphatic heterocycles. The first-order chi connectivity index (χ1) is 10.2. The number of imidazole rings is 1. The average molecular weight is 323 g/mol. The zero-order chi connectivity index (χ0) is 14.7. The van der Waals surface area contributed by atoms with Gasteiger partial charge in [0.25, 0.3) is 0 Å². The monoisotopic (exact) mass is 323 g/mol. The molecule has 0 spiro atoms. The predicted octanol–water partition coefficient (Wildman–Crippen LogP) is 2.75. The molecule has 7 heteroatoms. The van der Waals surface area contributed by atoms with Crippen LogP contribution in [0.25, 0.3) is 11.0 Å². The standard InChI is InChI=1S/C14H17N3O2S2/c18-13(19)9-21-14-16-11-7-15-4-1-12(11)17(14)8-10-2-5-20-6-3-10/h1,4,7,10H,2-3,5-6,8-9H2,(H,18,19). The maximum Gasteiger partial charge on any atom is 0.313 e. The van der Waals surface area contributed by atoms with E-state index in [9.17, 15) is 4.79 Å². The minimum absolute atomic E-state index is 0.0390. The van der Waals surface area contributed by atoms with E-state index < -0.39 is 5.97 Å².